The van der Waals surface area contributed by atoms with Gasteiger partial charge in [0.05, 0.1) is 17.7 Å². The van der Waals surface area contributed by atoms with Crippen LogP contribution in [-0.4, -0.2) is 18.6 Å². The van der Waals surface area contributed by atoms with E-state index in [1.54, 1.807) is 0 Å². The second kappa shape index (κ2) is 6.91. The monoisotopic (exact) mass is 377 g/mol. The van der Waals surface area contributed by atoms with Crippen LogP contribution >= 0.6 is 0 Å². The van der Waals surface area contributed by atoms with Crippen molar-refractivity contribution < 1.29 is 22.7 Å². The van der Waals surface area contributed by atoms with E-state index >= 15 is 0 Å². The molecular formula is C21H22F3NO2. The minimum Gasteiger partial charge on any atom is -0.488 e. The molecule has 3 nitrogen and oxygen atoms in total. The Kier molecular flexibility index (Phi) is 4.93. The number of benzene rings is 2. The summed E-state index contributed by atoms with van der Waals surface area (Å²) in [5, 5.41) is 2.57. The Morgan fingerprint density at radius 2 is 1.85 bits per heavy atom. The molecule has 1 aliphatic heterocycles. The van der Waals surface area contributed by atoms with Crippen LogP contribution in [-0.2, 0) is 18.0 Å². The van der Waals surface area contributed by atoms with Gasteiger partial charge >= 0.3 is 6.18 Å². The fraction of sp³-hybridized carbons (Fsp3) is 0.381. The molecule has 0 unspecified atom stereocenters. The fourth-order valence-electron chi connectivity index (χ4n) is 3.13. The van der Waals surface area contributed by atoms with Gasteiger partial charge in [-0.25, -0.2) is 0 Å². The molecule has 0 spiro atoms. The van der Waals surface area contributed by atoms with Gasteiger partial charge in [0.15, 0.2) is 0 Å². The van der Waals surface area contributed by atoms with Crippen molar-refractivity contribution in [3.8, 4) is 5.75 Å². The first kappa shape index (κ1) is 19.3. The third-order valence-corrected chi connectivity index (χ3v) is 4.64. The van der Waals surface area contributed by atoms with Crippen LogP contribution in [0.5, 0.6) is 5.75 Å². The highest BCUT2D eigenvalue weighted by Crippen LogP contribution is 2.34. The summed E-state index contributed by atoms with van der Waals surface area (Å²) in [5.41, 5.74) is 0.942. The molecule has 0 radical (unpaired) electrons. The Labute approximate surface area is 156 Å². The molecule has 27 heavy (non-hydrogen) atoms. The maximum atomic E-state index is 13.1. The average molecular weight is 377 g/mol. The van der Waals surface area contributed by atoms with Gasteiger partial charge in [-0.1, -0.05) is 45.0 Å². The maximum absolute atomic E-state index is 13.1. The highest BCUT2D eigenvalue weighted by molar-refractivity contribution is 5.95. The van der Waals surface area contributed by atoms with Gasteiger partial charge in [-0.3, -0.25) is 4.79 Å². The normalized spacial score (nSPS) is 16.6. The summed E-state index contributed by atoms with van der Waals surface area (Å²) in [4.78, 5) is 12.3. The van der Waals surface area contributed by atoms with E-state index in [1.165, 1.54) is 23.8 Å². The summed E-state index contributed by atoms with van der Waals surface area (Å²) in [6, 6.07) is 10.8. The number of ether oxygens (including phenoxy) is 1. The van der Waals surface area contributed by atoms with Gasteiger partial charge in [0.1, 0.15) is 11.9 Å². The second-order valence-electron chi connectivity index (χ2n) is 7.77. The van der Waals surface area contributed by atoms with E-state index < -0.39 is 17.6 Å². The molecular weight excluding hydrogens is 355 g/mol. The molecule has 0 fully saturated rings. The summed E-state index contributed by atoms with van der Waals surface area (Å²) < 4.78 is 45.0. The van der Waals surface area contributed by atoms with Gasteiger partial charge < -0.3 is 10.1 Å². The fourth-order valence-corrected chi connectivity index (χ4v) is 3.13. The molecule has 3 rings (SSSR count). The SMILES string of the molecule is CC(C)(C)c1ccc2c(c1)C[C@H](CNC(=O)c1ccccc1C(F)(F)F)O2. The van der Waals surface area contributed by atoms with Crippen molar-refractivity contribution in [3.63, 3.8) is 0 Å². The molecule has 1 atom stereocenters. The number of halogens is 3. The summed E-state index contributed by atoms with van der Waals surface area (Å²) in [5.74, 6) is 0.0100. The first-order valence-electron chi connectivity index (χ1n) is 8.80. The lowest BCUT2D eigenvalue weighted by atomic mass is 9.86. The number of alkyl halides is 3. The van der Waals surface area contributed by atoms with Gasteiger partial charge in [-0.05, 0) is 34.7 Å². The lowest BCUT2D eigenvalue weighted by Crippen LogP contribution is -2.35. The minimum absolute atomic E-state index is 0.0165. The molecule has 1 amide bonds. The van der Waals surface area contributed by atoms with Gasteiger partial charge in [0, 0.05) is 6.42 Å². The van der Waals surface area contributed by atoms with E-state index in [-0.39, 0.29) is 23.6 Å². The Hall–Kier alpha value is -2.50. The molecule has 0 aromatic heterocycles. The number of fused-ring (bicyclic) bond motifs is 1. The quantitative estimate of drug-likeness (QED) is 0.839. The van der Waals surface area contributed by atoms with Crippen molar-refractivity contribution in [2.75, 3.05) is 6.54 Å². The minimum atomic E-state index is -4.57. The van der Waals surface area contributed by atoms with E-state index in [4.69, 9.17) is 4.74 Å². The van der Waals surface area contributed by atoms with Crippen LogP contribution in [0.2, 0.25) is 0 Å². The molecule has 1 aliphatic rings. The van der Waals surface area contributed by atoms with Crippen molar-refractivity contribution in [1.82, 2.24) is 5.32 Å². The lowest BCUT2D eigenvalue weighted by molar-refractivity contribution is -0.137. The molecule has 2 aromatic carbocycles. The van der Waals surface area contributed by atoms with Crippen molar-refractivity contribution in [1.29, 1.82) is 0 Å². The summed E-state index contributed by atoms with van der Waals surface area (Å²) in [7, 11) is 0. The van der Waals surface area contributed by atoms with Gasteiger partial charge in [0.2, 0.25) is 0 Å². The highest BCUT2D eigenvalue weighted by atomic mass is 19.4. The predicted molar refractivity (Wildman–Crippen MR) is 97.0 cm³/mol. The molecule has 144 valence electrons. The largest absolute Gasteiger partial charge is 0.488 e. The Bertz CT molecular complexity index is 853. The number of carbonyl (C=O) groups excluding carboxylic acids is 1. The van der Waals surface area contributed by atoms with Gasteiger partial charge in [-0.15, -0.1) is 0 Å². The van der Waals surface area contributed by atoms with Crippen LogP contribution < -0.4 is 10.1 Å². The van der Waals surface area contributed by atoms with Crippen LogP contribution in [0.15, 0.2) is 42.5 Å². The summed E-state index contributed by atoms with van der Waals surface area (Å²) in [6.07, 6.45) is -4.25. The Morgan fingerprint density at radius 3 is 2.52 bits per heavy atom. The Morgan fingerprint density at radius 1 is 1.15 bits per heavy atom. The van der Waals surface area contributed by atoms with E-state index in [0.717, 1.165) is 17.4 Å². The summed E-state index contributed by atoms with van der Waals surface area (Å²) >= 11 is 0. The smallest absolute Gasteiger partial charge is 0.417 e. The van der Waals surface area contributed by atoms with E-state index in [9.17, 15) is 18.0 Å². The first-order valence-corrected chi connectivity index (χ1v) is 8.80. The molecule has 0 aliphatic carbocycles. The summed E-state index contributed by atoms with van der Waals surface area (Å²) in [6.45, 7) is 6.52. The van der Waals surface area contributed by atoms with Crippen LogP contribution in [0, 0.1) is 0 Å². The number of nitrogens with one attached hydrogen (secondary N) is 1. The highest BCUT2D eigenvalue weighted by Gasteiger charge is 2.35. The van der Waals surface area contributed by atoms with E-state index in [0.29, 0.717) is 6.42 Å². The second-order valence-corrected chi connectivity index (χ2v) is 7.77. The van der Waals surface area contributed by atoms with Crippen molar-refractivity contribution in [2.24, 2.45) is 0 Å². The van der Waals surface area contributed by atoms with Crippen LogP contribution in [0.3, 0.4) is 0 Å². The van der Waals surface area contributed by atoms with E-state index in [1.807, 2.05) is 12.1 Å². The molecule has 1 N–H and O–H groups in total. The van der Waals surface area contributed by atoms with Gasteiger partial charge in [0.25, 0.3) is 5.91 Å². The predicted octanol–water partition coefficient (Wildman–Crippen LogP) is 4.74. The van der Waals surface area contributed by atoms with Crippen LogP contribution in [0.1, 0.15) is 47.8 Å². The van der Waals surface area contributed by atoms with Gasteiger partial charge in [-0.2, -0.15) is 13.2 Å². The number of rotatable bonds is 3. The zero-order valence-corrected chi connectivity index (χ0v) is 15.5. The van der Waals surface area contributed by atoms with Crippen LogP contribution in [0.25, 0.3) is 0 Å². The third-order valence-electron chi connectivity index (χ3n) is 4.64. The number of amides is 1. The molecule has 6 heteroatoms. The lowest BCUT2D eigenvalue weighted by Gasteiger charge is -2.19. The maximum Gasteiger partial charge on any atom is 0.417 e. The Balaban J connectivity index is 1.66. The first-order chi connectivity index (χ1) is 12.6. The molecule has 0 saturated heterocycles. The van der Waals surface area contributed by atoms with Crippen molar-refractivity contribution in [3.05, 3.63) is 64.7 Å². The number of hydrogen-bond donors (Lipinski definition) is 1. The molecule has 1 heterocycles. The average Bonchev–Trinajstić information content (AvgIpc) is 3.00. The van der Waals surface area contributed by atoms with Crippen molar-refractivity contribution in [2.45, 2.75) is 44.9 Å². The molecule has 2 aromatic rings. The van der Waals surface area contributed by atoms with Crippen LogP contribution in [0.4, 0.5) is 13.2 Å². The third kappa shape index (κ3) is 4.26. The topological polar surface area (TPSA) is 38.3 Å². The molecule has 0 bridgehead atoms. The zero-order valence-electron chi connectivity index (χ0n) is 15.5. The number of carbonyl (C=O) groups is 1. The zero-order chi connectivity index (χ0) is 19.8. The van der Waals surface area contributed by atoms with Crippen molar-refractivity contribution >= 4 is 5.91 Å². The standard InChI is InChI=1S/C21H22F3NO2/c1-20(2,3)14-8-9-18-13(10-14)11-15(27-18)12-25-19(26)16-6-4-5-7-17(16)21(22,23)24/h4-10,15H,11-12H2,1-3H3,(H,25,26)/t15-/m1/s1. The number of hydrogen-bond acceptors (Lipinski definition) is 2. The van der Waals surface area contributed by atoms with E-state index in [2.05, 4.69) is 32.2 Å². The molecule has 0 saturated carbocycles.